The first-order valence-electron chi connectivity index (χ1n) is 3.38. The molecular weight excluding hydrogens is 112 g/mol. The quantitative estimate of drug-likeness (QED) is 0.599. The van der Waals surface area contributed by atoms with Crippen LogP contribution < -0.4 is 0 Å². The second kappa shape index (κ2) is 1.87. The highest BCUT2D eigenvalue weighted by molar-refractivity contribution is 5.07. The molecule has 0 unspecified atom stereocenters. The summed E-state index contributed by atoms with van der Waals surface area (Å²) in [5.74, 6) is 0.767. The van der Waals surface area contributed by atoms with Gasteiger partial charge >= 0.3 is 0 Å². The average molecular weight is 121 g/mol. The van der Waals surface area contributed by atoms with E-state index < -0.39 is 0 Å². The van der Waals surface area contributed by atoms with Crippen molar-refractivity contribution in [3.63, 3.8) is 0 Å². The van der Waals surface area contributed by atoms with E-state index in [-0.39, 0.29) is 0 Å². The van der Waals surface area contributed by atoms with Gasteiger partial charge in [-0.25, -0.2) is 0 Å². The molecule has 1 fully saturated rings. The third kappa shape index (κ3) is 0.745. The highest BCUT2D eigenvalue weighted by Crippen LogP contribution is 2.34. The van der Waals surface area contributed by atoms with Gasteiger partial charge < -0.3 is 0 Å². The van der Waals surface area contributed by atoms with Crippen molar-refractivity contribution < 1.29 is 0 Å². The Bertz CT molecular complexity index is 175. The lowest BCUT2D eigenvalue weighted by Gasteiger charge is -2.23. The van der Waals surface area contributed by atoms with Crippen molar-refractivity contribution in [2.45, 2.75) is 25.2 Å². The van der Waals surface area contributed by atoms with Crippen LogP contribution in [0.4, 0.5) is 0 Å². The Morgan fingerprint density at radius 2 is 2.56 bits per heavy atom. The molecule has 1 aromatic rings. The molecule has 0 aromatic carbocycles. The van der Waals surface area contributed by atoms with Gasteiger partial charge in [0.2, 0.25) is 0 Å². The lowest BCUT2D eigenvalue weighted by molar-refractivity contribution is 0.410. The van der Waals surface area contributed by atoms with Gasteiger partial charge in [-0.2, -0.15) is 5.10 Å². The van der Waals surface area contributed by atoms with Gasteiger partial charge in [-0.1, -0.05) is 6.42 Å². The Morgan fingerprint density at radius 3 is 3.00 bits per heavy atom. The van der Waals surface area contributed by atoms with E-state index in [1.54, 1.807) is 0 Å². The summed E-state index contributed by atoms with van der Waals surface area (Å²) < 4.78 is 0. The van der Waals surface area contributed by atoms with Gasteiger partial charge in [0.05, 0.1) is 0 Å². The van der Waals surface area contributed by atoms with Gasteiger partial charge in [-0.05, 0) is 18.9 Å². The first kappa shape index (κ1) is 5.03. The van der Waals surface area contributed by atoms with E-state index >= 15 is 0 Å². The maximum absolute atomic E-state index is 3.78. The molecule has 0 amide bonds. The molecule has 1 saturated carbocycles. The molecule has 1 aliphatic rings. The fourth-order valence-electron chi connectivity index (χ4n) is 1.16. The Labute approximate surface area is 54.3 Å². The minimum Gasteiger partial charge on any atom is -0.282 e. The van der Waals surface area contributed by atoms with E-state index in [1.807, 2.05) is 6.07 Å². The molecular formula is C7H9N2. The molecule has 47 valence electrons. The normalized spacial score (nSPS) is 19.6. The number of hydrogen-bond donors (Lipinski definition) is 1. The van der Waals surface area contributed by atoms with E-state index in [0.717, 1.165) is 5.92 Å². The molecule has 1 N–H and O–H groups in total. The Balaban J connectivity index is 2.14. The number of aromatic amines is 1. The molecule has 0 bridgehead atoms. The molecule has 2 heteroatoms. The molecule has 0 atom stereocenters. The van der Waals surface area contributed by atoms with Gasteiger partial charge in [0.25, 0.3) is 0 Å². The summed E-state index contributed by atoms with van der Waals surface area (Å²) in [5.41, 5.74) is 1.27. The van der Waals surface area contributed by atoms with Crippen LogP contribution in [0.2, 0.25) is 0 Å². The van der Waals surface area contributed by atoms with Crippen LogP contribution in [-0.4, -0.2) is 10.2 Å². The van der Waals surface area contributed by atoms with Crippen LogP contribution in [0.5, 0.6) is 0 Å². The molecule has 0 spiro atoms. The number of hydrogen-bond acceptors (Lipinski definition) is 1. The number of rotatable bonds is 1. The fourth-order valence-corrected chi connectivity index (χ4v) is 1.16. The van der Waals surface area contributed by atoms with Crippen LogP contribution in [0.1, 0.15) is 30.9 Å². The SMILES string of the molecule is [c]1cc(C2CCC2)[nH]n1. The van der Waals surface area contributed by atoms with Crippen LogP contribution >= 0.6 is 0 Å². The molecule has 1 heterocycles. The van der Waals surface area contributed by atoms with Crippen LogP contribution in [0.3, 0.4) is 0 Å². The van der Waals surface area contributed by atoms with E-state index in [4.69, 9.17) is 0 Å². The number of nitrogens with one attached hydrogen (secondary N) is 1. The first-order chi connectivity index (χ1) is 4.47. The monoisotopic (exact) mass is 121 g/mol. The average Bonchev–Trinajstić information content (AvgIpc) is 2.11. The topological polar surface area (TPSA) is 28.7 Å². The second-order valence-corrected chi connectivity index (χ2v) is 2.58. The second-order valence-electron chi connectivity index (χ2n) is 2.58. The van der Waals surface area contributed by atoms with Crippen molar-refractivity contribution in [2.75, 3.05) is 0 Å². The van der Waals surface area contributed by atoms with Crippen molar-refractivity contribution in [3.05, 3.63) is 18.0 Å². The standard InChI is InChI=1S/C7H9N2/c1-2-6(3-1)7-4-5-8-9-7/h4,6H,1-3H2,(H,8,9). The molecule has 1 aromatic heterocycles. The summed E-state index contributed by atoms with van der Waals surface area (Å²) in [6.07, 6.45) is 6.81. The lowest BCUT2D eigenvalue weighted by atomic mass is 9.83. The molecule has 0 aliphatic heterocycles. The summed E-state index contributed by atoms with van der Waals surface area (Å²) in [6.45, 7) is 0. The minimum absolute atomic E-state index is 0.767. The van der Waals surface area contributed by atoms with Crippen molar-refractivity contribution in [1.82, 2.24) is 10.2 Å². The minimum atomic E-state index is 0.767. The van der Waals surface area contributed by atoms with Crippen LogP contribution in [0, 0.1) is 6.20 Å². The fraction of sp³-hybridized carbons (Fsp3) is 0.571. The van der Waals surface area contributed by atoms with Crippen molar-refractivity contribution >= 4 is 0 Å². The van der Waals surface area contributed by atoms with Crippen molar-refractivity contribution in [2.24, 2.45) is 0 Å². The van der Waals surface area contributed by atoms with Gasteiger partial charge in [-0.3, -0.25) is 5.10 Å². The van der Waals surface area contributed by atoms with Gasteiger partial charge in [0, 0.05) is 11.6 Å². The number of nitrogens with zero attached hydrogens (tertiary/aromatic N) is 1. The van der Waals surface area contributed by atoms with Crippen LogP contribution in [0.15, 0.2) is 6.07 Å². The van der Waals surface area contributed by atoms with Crippen LogP contribution in [0.25, 0.3) is 0 Å². The predicted octanol–water partition coefficient (Wildman–Crippen LogP) is 1.48. The lowest BCUT2D eigenvalue weighted by Crippen LogP contribution is -2.08. The zero-order valence-corrected chi connectivity index (χ0v) is 5.22. The van der Waals surface area contributed by atoms with E-state index in [9.17, 15) is 0 Å². The van der Waals surface area contributed by atoms with Crippen molar-refractivity contribution in [3.8, 4) is 0 Å². The molecule has 1 radical (unpaired) electrons. The molecule has 1 aliphatic carbocycles. The van der Waals surface area contributed by atoms with Crippen molar-refractivity contribution in [1.29, 1.82) is 0 Å². The highest BCUT2D eigenvalue weighted by Gasteiger charge is 2.19. The third-order valence-corrected chi connectivity index (χ3v) is 2.01. The maximum atomic E-state index is 3.78. The molecule has 2 nitrogen and oxygen atoms in total. The largest absolute Gasteiger partial charge is 0.282 e. The van der Waals surface area contributed by atoms with Crippen LogP contribution in [-0.2, 0) is 0 Å². The summed E-state index contributed by atoms with van der Waals surface area (Å²) >= 11 is 0. The van der Waals surface area contributed by atoms with Gasteiger partial charge in [-0.15, -0.1) is 0 Å². The van der Waals surface area contributed by atoms with Gasteiger partial charge in [0.1, 0.15) is 6.20 Å². The summed E-state index contributed by atoms with van der Waals surface area (Å²) in [6, 6.07) is 1.95. The van der Waals surface area contributed by atoms with Gasteiger partial charge in [0.15, 0.2) is 0 Å². The third-order valence-electron chi connectivity index (χ3n) is 2.01. The Morgan fingerprint density at radius 1 is 1.67 bits per heavy atom. The van der Waals surface area contributed by atoms with E-state index in [1.165, 1.54) is 25.0 Å². The molecule has 0 saturated heterocycles. The smallest absolute Gasteiger partial charge is 0.113 e. The summed E-state index contributed by atoms with van der Waals surface area (Å²) in [7, 11) is 0. The predicted molar refractivity (Wildman–Crippen MR) is 34.0 cm³/mol. The van der Waals surface area contributed by atoms with E-state index in [0.29, 0.717) is 0 Å². The Kier molecular flexibility index (Phi) is 1.04. The zero-order chi connectivity index (χ0) is 6.10. The summed E-state index contributed by atoms with van der Waals surface area (Å²) in [5, 5.41) is 6.71. The number of aromatic nitrogens is 2. The number of H-pyrrole nitrogens is 1. The molecule has 9 heavy (non-hydrogen) atoms. The maximum Gasteiger partial charge on any atom is 0.113 e. The Hall–Kier alpha value is -0.790. The highest BCUT2D eigenvalue weighted by atomic mass is 15.1. The molecule has 2 rings (SSSR count). The zero-order valence-electron chi connectivity index (χ0n) is 5.22. The van der Waals surface area contributed by atoms with E-state index in [2.05, 4.69) is 16.4 Å². The summed E-state index contributed by atoms with van der Waals surface area (Å²) in [4.78, 5) is 0. The first-order valence-corrected chi connectivity index (χ1v) is 3.38.